The Labute approximate surface area is 578 Å². The molecule has 8 aliphatic rings. The normalized spacial score (nSPS) is 18.4. The molecule has 8 aliphatic heterocycles. The van der Waals surface area contributed by atoms with Crippen molar-refractivity contribution in [2.45, 2.75) is 151 Å². The first-order chi connectivity index (χ1) is 42.4. The van der Waals surface area contributed by atoms with Crippen LogP contribution in [-0.2, 0) is 0 Å². The van der Waals surface area contributed by atoms with E-state index in [4.69, 9.17) is 0 Å². The van der Waals surface area contributed by atoms with Crippen LogP contribution in [0.4, 0.5) is 22.7 Å². The summed E-state index contributed by atoms with van der Waals surface area (Å²) in [6.45, 7) is 11.9. The number of benzene rings is 4. The average Bonchev–Trinajstić information content (AvgIpc) is 1.67. The van der Waals surface area contributed by atoms with Gasteiger partial charge in [0.25, 0.3) is 46.4 Å². The molecule has 0 bridgehead atoms. The molecule has 8 saturated heterocycles. The van der Waals surface area contributed by atoms with Crippen molar-refractivity contribution in [2.75, 3.05) is 78.5 Å². The molecule has 27 nitrogen and oxygen atoms in total. The molecule has 0 radical (unpaired) electrons. The minimum atomic E-state index is -0.481. The second-order valence-electron chi connectivity index (χ2n) is 24.9. The standard InChI is InChI=1S/4C16H21N3O3.4ClH.3H2O/c4*20-15(13-4-1-5-14(12-13)19(21)22)17-9-8-16-6-2-10-18(16)11-3-7-16;;;;;;;/h4*1,4-5,12H,2-3,6-11H2,(H,17,20);4*1H;3*1H2. The van der Waals surface area contributed by atoms with Crippen molar-refractivity contribution in [1.82, 2.24) is 40.9 Å². The fourth-order valence-corrected chi connectivity index (χ4v) is 15.6. The van der Waals surface area contributed by atoms with Gasteiger partial charge in [-0.1, -0.05) is 24.3 Å². The van der Waals surface area contributed by atoms with Crippen molar-refractivity contribution in [3.63, 3.8) is 0 Å². The lowest BCUT2D eigenvalue weighted by Crippen LogP contribution is -2.41. The van der Waals surface area contributed by atoms with Crippen molar-refractivity contribution in [1.29, 1.82) is 0 Å². The number of hydrogen-bond donors (Lipinski definition) is 4. The van der Waals surface area contributed by atoms with Crippen LogP contribution in [0.2, 0.25) is 0 Å². The van der Waals surface area contributed by atoms with Gasteiger partial charge >= 0.3 is 0 Å². The van der Waals surface area contributed by atoms with E-state index in [-0.39, 0.29) is 135 Å². The zero-order valence-electron chi connectivity index (χ0n) is 53.5. The summed E-state index contributed by atoms with van der Waals surface area (Å²) in [6, 6.07) is 23.5. The molecule has 0 saturated carbocycles. The van der Waals surface area contributed by atoms with E-state index in [0.717, 1.165) is 25.7 Å². The molecular formula is C64H94Cl4N12O15. The zero-order valence-corrected chi connectivity index (χ0v) is 56.7. The van der Waals surface area contributed by atoms with Crippen molar-refractivity contribution in [3.05, 3.63) is 160 Å². The van der Waals surface area contributed by atoms with Crippen molar-refractivity contribution < 1.29 is 55.3 Å². The number of non-ortho nitro benzene ring substituents is 4. The SMILES string of the molecule is Cl.Cl.Cl.Cl.O.O.O.O=C(NCCC12CCCN1CCC2)c1cccc([N+](=O)[O-])c1.O=C(NCCC12CCCN1CCC2)c1cccc([N+](=O)[O-])c1.O=C(NCCC12CCCN1CCC2)c1cccc([N+](=O)[O-])c1.O=C(NCCC12CCCN1CCC2)c1cccc([N+](=O)[O-])c1. The number of carbonyl (C=O) groups excluding carboxylic acids is 4. The number of carbonyl (C=O) groups is 4. The lowest BCUT2D eigenvalue weighted by molar-refractivity contribution is -0.385. The fraction of sp³-hybridized carbons (Fsp3) is 0.562. The summed E-state index contributed by atoms with van der Waals surface area (Å²) in [5, 5.41) is 54.7. The highest BCUT2D eigenvalue weighted by Gasteiger charge is 2.46. The summed E-state index contributed by atoms with van der Waals surface area (Å²) in [4.78, 5) is 99.9. The van der Waals surface area contributed by atoms with Crippen LogP contribution in [0.25, 0.3) is 0 Å². The van der Waals surface area contributed by atoms with Crippen LogP contribution < -0.4 is 21.3 Å². The molecule has 0 unspecified atom stereocenters. The van der Waals surface area contributed by atoms with E-state index >= 15 is 0 Å². The highest BCUT2D eigenvalue weighted by molar-refractivity contribution is 5.96. The Morgan fingerprint density at radius 3 is 0.653 bits per heavy atom. The molecule has 4 aromatic carbocycles. The summed E-state index contributed by atoms with van der Waals surface area (Å²) >= 11 is 0. The molecule has 8 heterocycles. The van der Waals surface area contributed by atoms with Crippen molar-refractivity contribution >= 4 is 96.0 Å². The zero-order chi connectivity index (χ0) is 62.3. The predicted molar refractivity (Wildman–Crippen MR) is 371 cm³/mol. The van der Waals surface area contributed by atoms with E-state index < -0.39 is 19.7 Å². The number of fused-ring (bicyclic) bond motifs is 4. The maximum Gasteiger partial charge on any atom is 0.270 e. The number of amides is 4. The van der Waals surface area contributed by atoms with E-state index in [1.54, 1.807) is 48.5 Å². The molecule has 10 N–H and O–H groups in total. The molecule has 528 valence electrons. The summed E-state index contributed by atoms with van der Waals surface area (Å²) in [7, 11) is 0. The number of nitrogens with zero attached hydrogens (tertiary/aromatic N) is 8. The van der Waals surface area contributed by atoms with Crippen LogP contribution in [0.15, 0.2) is 97.1 Å². The molecule has 4 aromatic rings. The topological polar surface area (TPSA) is 396 Å². The smallest absolute Gasteiger partial charge is 0.270 e. The predicted octanol–water partition coefficient (Wildman–Crippen LogP) is 8.59. The van der Waals surface area contributed by atoms with Gasteiger partial charge in [-0.15, -0.1) is 49.6 Å². The molecular weight excluding hydrogens is 1320 g/mol. The third kappa shape index (κ3) is 21.1. The second-order valence-corrected chi connectivity index (χ2v) is 24.9. The fourth-order valence-electron chi connectivity index (χ4n) is 15.6. The van der Waals surface area contributed by atoms with Crippen molar-refractivity contribution in [2.24, 2.45) is 0 Å². The van der Waals surface area contributed by atoms with Gasteiger partial charge in [0.1, 0.15) is 0 Å². The monoisotopic (exact) mass is 1410 g/mol. The number of nitro benzene ring substituents is 4. The minimum absolute atomic E-state index is 0. The van der Waals surface area contributed by atoms with Gasteiger partial charge in [-0.3, -0.25) is 79.2 Å². The molecule has 8 fully saturated rings. The lowest BCUT2D eigenvalue weighted by Gasteiger charge is -2.32. The van der Waals surface area contributed by atoms with Crippen molar-refractivity contribution in [3.8, 4) is 0 Å². The first-order valence-electron chi connectivity index (χ1n) is 31.5. The van der Waals surface area contributed by atoms with Crippen LogP contribution in [-0.4, -0.2) is 180 Å². The van der Waals surface area contributed by atoms with Gasteiger partial charge < -0.3 is 37.7 Å². The van der Waals surface area contributed by atoms with E-state index in [1.807, 2.05) is 0 Å². The van der Waals surface area contributed by atoms with Gasteiger partial charge in [-0.2, -0.15) is 0 Å². The number of nitrogens with one attached hydrogen (secondary N) is 4. The van der Waals surface area contributed by atoms with Crippen LogP contribution >= 0.6 is 49.6 Å². The van der Waals surface area contributed by atoms with Crippen LogP contribution in [0.5, 0.6) is 0 Å². The summed E-state index contributed by atoms with van der Waals surface area (Å²) in [6.07, 6.45) is 23.6. The van der Waals surface area contributed by atoms with Crippen LogP contribution in [0, 0.1) is 40.5 Å². The number of hydrogen-bond acceptors (Lipinski definition) is 16. The molecule has 0 aromatic heterocycles. The van der Waals surface area contributed by atoms with Crippen LogP contribution in [0.3, 0.4) is 0 Å². The summed E-state index contributed by atoms with van der Waals surface area (Å²) < 4.78 is 0. The van der Waals surface area contributed by atoms with Gasteiger partial charge in [0.15, 0.2) is 0 Å². The first-order valence-corrected chi connectivity index (χ1v) is 31.5. The molecule has 95 heavy (non-hydrogen) atoms. The largest absolute Gasteiger partial charge is 0.412 e. The van der Waals surface area contributed by atoms with Gasteiger partial charge in [-0.25, -0.2) is 0 Å². The highest BCUT2D eigenvalue weighted by atomic mass is 35.5. The minimum Gasteiger partial charge on any atom is -0.412 e. The first kappa shape index (κ1) is 84.3. The molecule has 31 heteroatoms. The van der Waals surface area contributed by atoms with Crippen LogP contribution in [0.1, 0.15) is 170 Å². The highest BCUT2D eigenvalue weighted by Crippen LogP contribution is 2.44. The van der Waals surface area contributed by atoms with Gasteiger partial charge in [0, 0.05) is 119 Å². The Bertz CT molecular complexity index is 2760. The molecule has 0 aliphatic carbocycles. The third-order valence-corrected chi connectivity index (χ3v) is 20.0. The Morgan fingerprint density at radius 2 is 0.495 bits per heavy atom. The van der Waals surface area contributed by atoms with Gasteiger partial charge in [-0.05, 0) is 205 Å². The Kier molecular flexibility index (Phi) is 34.5. The average molecular weight is 1410 g/mol. The third-order valence-electron chi connectivity index (χ3n) is 20.0. The Balaban J connectivity index is 0.000000421. The molecule has 0 spiro atoms. The van der Waals surface area contributed by atoms with E-state index in [2.05, 4.69) is 40.9 Å². The Morgan fingerprint density at radius 1 is 0.326 bits per heavy atom. The summed E-state index contributed by atoms with van der Waals surface area (Å²) in [5.74, 6) is -0.935. The number of nitro groups is 4. The molecule has 0 atom stereocenters. The maximum atomic E-state index is 12.1. The quantitative estimate of drug-likeness (QED) is 0.0475. The summed E-state index contributed by atoms with van der Waals surface area (Å²) in [5.41, 5.74) is 2.34. The molecule has 12 rings (SSSR count). The number of halogens is 4. The lowest BCUT2D eigenvalue weighted by atomic mass is 9.90. The number of rotatable bonds is 20. The molecule has 4 amide bonds. The second kappa shape index (κ2) is 38.8. The van der Waals surface area contributed by atoms with E-state index in [9.17, 15) is 59.6 Å². The maximum absolute atomic E-state index is 12.1. The van der Waals surface area contributed by atoms with E-state index in [1.165, 1.54) is 204 Å². The Hall–Kier alpha value is -6.76. The van der Waals surface area contributed by atoms with Gasteiger partial charge in [0.05, 0.1) is 19.7 Å². The van der Waals surface area contributed by atoms with Gasteiger partial charge in [0.2, 0.25) is 0 Å². The van der Waals surface area contributed by atoms with E-state index in [0.29, 0.717) is 48.4 Å².